The Morgan fingerprint density at radius 3 is 2.92 bits per heavy atom. The van der Waals surface area contributed by atoms with Gasteiger partial charge in [0, 0.05) is 24.0 Å². The van der Waals surface area contributed by atoms with Gasteiger partial charge in [0.1, 0.15) is 5.56 Å². The third-order valence-corrected chi connectivity index (χ3v) is 4.51. The molecule has 6 heteroatoms. The van der Waals surface area contributed by atoms with Crippen LogP contribution in [0.2, 0.25) is 0 Å². The van der Waals surface area contributed by atoms with Crippen molar-refractivity contribution in [1.29, 1.82) is 0 Å². The maximum atomic E-state index is 12.5. The van der Waals surface area contributed by atoms with Gasteiger partial charge in [-0.05, 0) is 43.4 Å². The van der Waals surface area contributed by atoms with Crippen molar-refractivity contribution in [1.82, 2.24) is 10.3 Å². The molecule has 0 unspecified atom stereocenters. The first-order valence-electron chi connectivity index (χ1n) is 8.12. The Morgan fingerprint density at radius 2 is 2.00 bits per heavy atom. The lowest BCUT2D eigenvalue weighted by molar-refractivity contribution is 0.0949. The number of hydrogen-bond acceptors (Lipinski definition) is 4. The average molecular weight is 326 g/mol. The molecule has 0 fully saturated rings. The molecule has 0 bridgehead atoms. The number of pyridine rings is 1. The molecule has 1 amide bonds. The average Bonchev–Trinajstić information content (AvgIpc) is 3.08. The SMILES string of the molecule is O=C(NCc1ccc2c(c1)OCO2)c1c[nH]c2c(c1=O)CCCC2. The van der Waals surface area contributed by atoms with E-state index in [-0.39, 0.29) is 23.7 Å². The van der Waals surface area contributed by atoms with Crippen LogP contribution in [0.1, 0.15) is 40.0 Å². The zero-order valence-electron chi connectivity index (χ0n) is 13.2. The summed E-state index contributed by atoms with van der Waals surface area (Å²) in [6.45, 7) is 0.543. The molecule has 2 aromatic rings. The number of amides is 1. The second-order valence-electron chi connectivity index (χ2n) is 6.07. The normalized spacial score (nSPS) is 15.0. The molecule has 24 heavy (non-hydrogen) atoms. The topological polar surface area (TPSA) is 80.4 Å². The number of benzene rings is 1. The van der Waals surface area contributed by atoms with Gasteiger partial charge in [0.2, 0.25) is 6.79 Å². The maximum Gasteiger partial charge on any atom is 0.257 e. The van der Waals surface area contributed by atoms with E-state index in [9.17, 15) is 9.59 Å². The molecule has 1 aliphatic carbocycles. The van der Waals surface area contributed by atoms with E-state index in [4.69, 9.17) is 9.47 Å². The van der Waals surface area contributed by atoms with Crippen LogP contribution >= 0.6 is 0 Å². The fourth-order valence-electron chi connectivity index (χ4n) is 3.20. The summed E-state index contributed by atoms with van der Waals surface area (Å²) in [5.74, 6) is 1.02. The molecule has 1 aliphatic heterocycles. The summed E-state index contributed by atoms with van der Waals surface area (Å²) in [7, 11) is 0. The lowest BCUT2D eigenvalue weighted by Crippen LogP contribution is -2.31. The smallest absolute Gasteiger partial charge is 0.257 e. The Hall–Kier alpha value is -2.76. The quantitative estimate of drug-likeness (QED) is 0.903. The molecule has 2 N–H and O–H groups in total. The van der Waals surface area contributed by atoms with Gasteiger partial charge in [-0.25, -0.2) is 0 Å². The van der Waals surface area contributed by atoms with E-state index in [0.29, 0.717) is 18.0 Å². The summed E-state index contributed by atoms with van der Waals surface area (Å²) in [5.41, 5.74) is 2.65. The van der Waals surface area contributed by atoms with Gasteiger partial charge in [-0.3, -0.25) is 9.59 Å². The van der Waals surface area contributed by atoms with E-state index >= 15 is 0 Å². The van der Waals surface area contributed by atoms with E-state index in [1.807, 2.05) is 18.2 Å². The van der Waals surface area contributed by atoms with E-state index in [0.717, 1.165) is 42.5 Å². The molecular formula is C18H18N2O4. The highest BCUT2D eigenvalue weighted by molar-refractivity contribution is 5.94. The second-order valence-corrected chi connectivity index (χ2v) is 6.07. The molecule has 0 atom stereocenters. The van der Waals surface area contributed by atoms with Crippen LogP contribution in [0, 0.1) is 0 Å². The summed E-state index contributed by atoms with van der Waals surface area (Å²) in [6, 6.07) is 5.51. The number of carbonyl (C=O) groups is 1. The van der Waals surface area contributed by atoms with E-state index in [1.54, 1.807) is 0 Å². The molecule has 6 nitrogen and oxygen atoms in total. The van der Waals surface area contributed by atoms with Gasteiger partial charge in [-0.2, -0.15) is 0 Å². The first-order chi connectivity index (χ1) is 11.7. The molecule has 1 aromatic carbocycles. The third kappa shape index (κ3) is 2.64. The molecule has 4 rings (SSSR count). The van der Waals surface area contributed by atoms with Gasteiger partial charge < -0.3 is 19.8 Å². The zero-order valence-corrected chi connectivity index (χ0v) is 13.2. The van der Waals surface area contributed by atoms with Crippen LogP contribution in [0.3, 0.4) is 0 Å². The summed E-state index contributed by atoms with van der Waals surface area (Å²) in [6.07, 6.45) is 5.23. The van der Waals surface area contributed by atoms with Crippen molar-refractivity contribution in [2.24, 2.45) is 0 Å². The predicted octanol–water partition coefficient (Wildman–Crippen LogP) is 1.91. The molecule has 0 radical (unpaired) electrons. The number of fused-ring (bicyclic) bond motifs is 2. The minimum absolute atomic E-state index is 0.147. The predicted molar refractivity (Wildman–Crippen MR) is 87.4 cm³/mol. The summed E-state index contributed by atoms with van der Waals surface area (Å²) in [5, 5.41) is 2.80. The molecular weight excluding hydrogens is 308 g/mol. The fraction of sp³-hybridized carbons (Fsp3) is 0.333. The zero-order chi connectivity index (χ0) is 16.5. The molecule has 2 heterocycles. The molecule has 0 saturated heterocycles. The second kappa shape index (κ2) is 6.03. The summed E-state index contributed by atoms with van der Waals surface area (Å²) >= 11 is 0. The number of aromatic nitrogens is 1. The van der Waals surface area contributed by atoms with Crippen molar-refractivity contribution >= 4 is 5.91 Å². The number of rotatable bonds is 3. The van der Waals surface area contributed by atoms with Crippen LogP contribution in [-0.2, 0) is 19.4 Å². The van der Waals surface area contributed by atoms with Crippen LogP contribution in [0.5, 0.6) is 11.5 Å². The Bertz CT molecular complexity index is 857. The monoisotopic (exact) mass is 326 g/mol. The Labute approximate surface area is 138 Å². The van der Waals surface area contributed by atoms with Crippen LogP contribution < -0.4 is 20.2 Å². The van der Waals surface area contributed by atoms with Gasteiger partial charge in [-0.1, -0.05) is 6.07 Å². The van der Waals surface area contributed by atoms with Crippen molar-refractivity contribution in [3.63, 3.8) is 0 Å². The summed E-state index contributed by atoms with van der Waals surface area (Å²) < 4.78 is 10.6. The molecule has 1 aromatic heterocycles. The number of ether oxygens (including phenoxy) is 2. The van der Waals surface area contributed by atoms with Crippen LogP contribution in [-0.4, -0.2) is 17.7 Å². The van der Waals surface area contributed by atoms with Crippen molar-refractivity contribution in [3.05, 3.63) is 57.0 Å². The van der Waals surface area contributed by atoms with Crippen LogP contribution in [0.15, 0.2) is 29.2 Å². The van der Waals surface area contributed by atoms with Crippen molar-refractivity contribution in [3.8, 4) is 11.5 Å². The van der Waals surface area contributed by atoms with E-state index in [1.165, 1.54) is 6.20 Å². The van der Waals surface area contributed by atoms with Gasteiger partial charge in [-0.15, -0.1) is 0 Å². The Kier molecular flexibility index (Phi) is 3.72. The standard InChI is InChI=1S/C18H18N2O4/c21-17-12-3-1-2-4-14(12)19-9-13(17)18(22)20-8-11-5-6-15-16(7-11)24-10-23-15/h5-7,9H,1-4,8,10H2,(H,19,21)(H,20,22). The van der Waals surface area contributed by atoms with Gasteiger partial charge >= 0.3 is 0 Å². The van der Waals surface area contributed by atoms with E-state index in [2.05, 4.69) is 10.3 Å². The molecule has 0 spiro atoms. The minimum Gasteiger partial charge on any atom is -0.454 e. The van der Waals surface area contributed by atoms with Gasteiger partial charge in [0.25, 0.3) is 5.91 Å². The lowest BCUT2D eigenvalue weighted by atomic mass is 9.94. The van der Waals surface area contributed by atoms with Gasteiger partial charge in [0.05, 0.1) is 0 Å². The van der Waals surface area contributed by atoms with Crippen LogP contribution in [0.4, 0.5) is 0 Å². The lowest BCUT2D eigenvalue weighted by Gasteiger charge is -2.15. The van der Waals surface area contributed by atoms with E-state index < -0.39 is 0 Å². The molecule has 0 saturated carbocycles. The number of nitrogens with one attached hydrogen (secondary N) is 2. The Balaban J connectivity index is 1.49. The molecule has 2 aliphatic rings. The Morgan fingerprint density at radius 1 is 1.17 bits per heavy atom. The first-order valence-corrected chi connectivity index (χ1v) is 8.12. The number of H-pyrrole nitrogens is 1. The number of hydrogen-bond donors (Lipinski definition) is 2. The molecule has 124 valence electrons. The highest BCUT2D eigenvalue weighted by Gasteiger charge is 2.19. The highest BCUT2D eigenvalue weighted by atomic mass is 16.7. The number of aryl methyl sites for hydroxylation is 1. The largest absolute Gasteiger partial charge is 0.454 e. The highest BCUT2D eigenvalue weighted by Crippen LogP contribution is 2.32. The fourth-order valence-corrected chi connectivity index (χ4v) is 3.20. The van der Waals surface area contributed by atoms with Crippen molar-refractivity contribution in [2.45, 2.75) is 32.2 Å². The minimum atomic E-state index is -0.359. The third-order valence-electron chi connectivity index (χ3n) is 4.51. The first kappa shape index (κ1) is 14.8. The number of aromatic amines is 1. The summed E-state index contributed by atoms with van der Waals surface area (Å²) in [4.78, 5) is 28.0. The number of carbonyl (C=O) groups excluding carboxylic acids is 1. The van der Waals surface area contributed by atoms with Crippen molar-refractivity contribution in [2.75, 3.05) is 6.79 Å². The maximum absolute atomic E-state index is 12.5. The van der Waals surface area contributed by atoms with Gasteiger partial charge in [0.15, 0.2) is 16.9 Å². The van der Waals surface area contributed by atoms with Crippen LogP contribution in [0.25, 0.3) is 0 Å². The van der Waals surface area contributed by atoms with Crippen molar-refractivity contribution < 1.29 is 14.3 Å².